The Morgan fingerprint density at radius 3 is 2.63 bits per heavy atom. The molecule has 0 aromatic heterocycles. The zero-order valence-electron chi connectivity index (χ0n) is 15.5. The van der Waals surface area contributed by atoms with Crippen LogP contribution < -0.4 is 11.1 Å². The monoisotopic (exact) mass is 368 g/mol. The Balaban J connectivity index is 1.58. The van der Waals surface area contributed by atoms with Gasteiger partial charge < -0.3 is 16.2 Å². The van der Waals surface area contributed by atoms with Crippen LogP contribution in [-0.4, -0.2) is 30.5 Å². The number of hydrogen-bond acceptors (Lipinski definition) is 3. The van der Waals surface area contributed by atoms with Gasteiger partial charge in [0.25, 0.3) is 0 Å². The van der Waals surface area contributed by atoms with Crippen LogP contribution in [0.4, 0.5) is 4.39 Å². The van der Waals surface area contributed by atoms with Gasteiger partial charge in [-0.15, -0.1) is 0 Å². The maximum atomic E-state index is 13.9. The number of hydrogen-bond donors (Lipinski definition) is 3. The van der Waals surface area contributed by atoms with Crippen LogP contribution in [-0.2, 0) is 11.3 Å². The molecule has 1 atom stereocenters. The molecular weight excluding hydrogens is 342 g/mol. The van der Waals surface area contributed by atoms with Crippen LogP contribution in [0.2, 0.25) is 6.32 Å². The molecule has 1 unspecified atom stereocenters. The summed E-state index contributed by atoms with van der Waals surface area (Å²) in [6.45, 7) is 0.621. The van der Waals surface area contributed by atoms with Gasteiger partial charge in [0.2, 0.25) is 0 Å². The molecule has 142 valence electrons. The van der Waals surface area contributed by atoms with E-state index in [1.807, 2.05) is 18.2 Å². The number of rotatable bonds is 9. The number of fused-ring (bicyclic) bond motifs is 1. The fourth-order valence-electron chi connectivity index (χ4n) is 4.00. The van der Waals surface area contributed by atoms with Crippen LogP contribution in [0.3, 0.4) is 0 Å². The minimum Gasteiger partial charge on any atom is -0.480 e. The molecule has 2 aromatic rings. The van der Waals surface area contributed by atoms with Gasteiger partial charge in [0.15, 0.2) is 0 Å². The molecule has 0 bridgehead atoms. The van der Waals surface area contributed by atoms with Crippen LogP contribution in [0, 0.1) is 11.7 Å². The molecule has 4 N–H and O–H groups in total. The van der Waals surface area contributed by atoms with Crippen molar-refractivity contribution in [1.29, 1.82) is 0 Å². The average Bonchev–Trinajstić information content (AvgIpc) is 2.61. The van der Waals surface area contributed by atoms with Gasteiger partial charge in [-0.05, 0) is 42.2 Å². The molecule has 0 spiro atoms. The lowest BCUT2D eigenvalue weighted by atomic mass is 9.66. The molecule has 1 saturated carbocycles. The maximum absolute atomic E-state index is 13.9. The van der Waals surface area contributed by atoms with E-state index in [4.69, 9.17) is 13.6 Å². The highest BCUT2D eigenvalue weighted by atomic mass is 19.1. The number of aliphatic carboxylic acids is 1. The van der Waals surface area contributed by atoms with Gasteiger partial charge in [0.05, 0.1) is 7.85 Å². The largest absolute Gasteiger partial charge is 0.480 e. The number of unbranched alkanes of at least 4 members (excludes halogenated alkanes) is 1. The lowest BCUT2D eigenvalue weighted by Crippen LogP contribution is -2.61. The molecule has 4 nitrogen and oxygen atoms in total. The van der Waals surface area contributed by atoms with Crippen molar-refractivity contribution in [2.24, 2.45) is 11.7 Å². The number of halogens is 1. The van der Waals surface area contributed by atoms with Gasteiger partial charge in [-0.25, -0.2) is 4.39 Å². The first kappa shape index (κ1) is 19.8. The minimum absolute atomic E-state index is 0.0322. The van der Waals surface area contributed by atoms with Crippen molar-refractivity contribution >= 4 is 24.6 Å². The van der Waals surface area contributed by atoms with E-state index in [1.54, 1.807) is 12.1 Å². The highest BCUT2D eigenvalue weighted by Gasteiger charge is 2.47. The molecule has 2 radical (unpaired) electrons. The smallest absolute Gasteiger partial charge is 0.323 e. The number of carboxylic acid groups (broad SMARTS) is 1. The molecule has 2 aromatic carbocycles. The number of benzene rings is 2. The van der Waals surface area contributed by atoms with Gasteiger partial charge in [-0.3, -0.25) is 4.79 Å². The Labute approximate surface area is 160 Å². The topological polar surface area (TPSA) is 75.4 Å². The summed E-state index contributed by atoms with van der Waals surface area (Å²) >= 11 is 0. The van der Waals surface area contributed by atoms with E-state index >= 15 is 0 Å². The van der Waals surface area contributed by atoms with Crippen molar-refractivity contribution in [3.63, 3.8) is 0 Å². The van der Waals surface area contributed by atoms with Gasteiger partial charge in [0.1, 0.15) is 11.4 Å². The van der Waals surface area contributed by atoms with Crippen molar-refractivity contribution in [3.8, 4) is 0 Å². The van der Waals surface area contributed by atoms with Crippen molar-refractivity contribution in [3.05, 3.63) is 47.8 Å². The molecule has 1 aliphatic carbocycles. The Morgan fingerprint density at radius 1 is 1.22 bits per heavy atom. The second kappa shape index (κ2) is 8.40. The lowest BCUT2D eigenvalue weighted by molar-refractivity contribution is -0.148. The van der Waals surface area contributed by atoms with Crippen molar-refractivity contribution in [2.45, 2.75) is 56.5 Å². The summed E-state index contributed by atoms with van der Waals surface area (Å²) in [5.74, 6) is -1.17. The first-order valence-electron chi connectivity index (χ1n) is 9.57. The third-order valence-electron chi connectivity index (χ3n) is 5.85. The summed E-state index contributed by atoms with van der Waals surface area (Å²) in [4.78, 5) is 11.7. The molecular formula is C21H26BFN2O2. The van der Waals surface area contributed by atoms with Crippen LogP contribution in [0.25, 0.3) is 10.8 Å². The van der Waals surface area contributed by atoms with E-state index in [9.17, 15) is 14.3 Å². The van der Waals surface area contributed by atoms with Crippen LogP contribution in [0.15, 0.2) is 36.4 Å². The molecule has 0 saturated heterocycles. The first-order valence-corrected chi connectivity index (χ1v) is 9.57. The summed E-state index contributed by atoms with van der Waals surface area (Å²) < 4.78 is 13.9. The molecule has 6 heteroatoms. The van der Waals surface area contributed by atoms with Crippen molar-refractivity contribution in [1.82, 2.24) is 5.32 Å². The van der Waals surface area contributed by atoms with E-state index in [2.05, 4.69) is 5.32 Å². The quantitative estimate of drug-likeness (QED) is 0.469. The zero-order valence-corrected chi connectivity index (χ0v) is 15.5. The van der Waals surface area contributed by atoms with Crippen molar-refractivity contribution in [2.75, 3.05) is 0 Å². The number of nitrogens with one attached hydrogen (secondary N) is 1. The van der Waals surface area contributed by atoms with E-state index in [0.29, 0.717) is 24.7 Å². The molecule has 3 rings (SSSR count). The predicted octanol–water partition coefficient (Wildman–Crippen LogP) is 3.39. The highest BCUT2D eigenvalue weighted by Crippen LogP contribution is 2.38. The SMILES string of the molecule is [B]CCCCC(N)(C(=O)O)C1CC(NCc2cccc3c(F)cccc23)C1. The van der Waals surface area contributed by atoms with Gasteiger partial charge >= 0.3 is 5.97 Å². The average molecular weight is 368 g/mol. The highest BCUT2D eigenvalue weighted by molar-refractivity contribution is 6.08. The zero-order chi connectivity index (χ0) is 19.4. The normalized spacial score (nSPS) is 21.6. The van der Waals surface area contributed by atoms with Gasteiger partial charge in [-0.1, -0.05) is 49.5 Å². The minimum atomic E-state index is -1.17. The van der Waals surface area contributed by atoms with Crippen molar-refractivity contribution < 1.29 is 14.3 Å². The summed E-state index contributed by atoms with van der Waals surface area (Å²) in [6, 6.07) is 11.0. The summed E-state index contributed by atoms with van der Waals surface area (Å²) in [5.41, 5.74) is 6.10. The van der Waals surface area contributed by atoms with Crippen LogP contribution in [0.5, 0.6) is 0 Å². The Bertz CT molecular complexity index is 810. The number of carboxylic acids is 1. The number of nitrogens with two attached hydrogens (primary N) is 1. The van der Waals surface area contributed by atoms with E-state index < -0.39 is 11.5 Å². The number of carbonyl (C=O) groups is 1. The van der Waals surface area contributed by atoms with Crippen LogP contribution >= 0.6 is 0 Å². The van der Waals surface area contributed by atoms with E-state index in [0.717, 1.165) is 36.6 Å². The lowest BCUT2D eigenvalue weighted by Gasteiger charge is -2.45. The summed E-state index contributed by atoms with van der Waals surface area (Å²) in [5, 5.41) is 14.6. The fourth-order valence-corrected chi connectivity index (χ4v) is 4.00. The third-order valence-corrected chi connectivity index (χ3v) is 5.85. The van der Waals surface area contributed by atoms with Gasteiger partial charge in [0, 0.05) is 18.0 Å². The first-order chi connectivity index (χ1) is 13.0. The second-order valence-corrected chi connectivity index (χ2v) is 7.59. The van der Waals surface area contributed by atoms with Gasteiger partial charge in [-0.2, -0.15) is 0 Å². The van der Waals surface area contributed by atoms with E-state index in [1.165, 1.54) is 6.07 Å². The molecule has 27 heavy (non-hydrogen) atoms. The summed E-state index contributed by atoms with van der Waals surface area (Å²) in [6.07, 6.45) is 4.01. The van der Waals surface area contributed by atoms with E-state index in [-0.39, 0.29) is 17.8 Å². The molecule has 1 fully saturated rings. The molecule has 1 aliphatic rings. The Kier molecular flexibility index (Phi) is 6.17. The summed E-state index contributed by atoms with van der Waals surface area (Å²) in [7, 11) is 5.50. The van der Waals surface area contributed by atoms with Crippen LogP contribution in [0.1, 0.15) is 37.7 Å². The third kappa shape index (κ3) is 4.17. The Morgan fingerprint density at radius 2 is 1.93 bits per heavy atom. The standard InChI is InChI=1S/C21H26BFN2O2/c22-10-2-1-9-21(24,20(26)27)15-11-16(12-15)25-13-14-5-3-7-18-17(14)6-4-8-19(18)23/h3-8,15-16,25H,1-2,9-13,24H2,(H,26,27). The maximum Gasteiger partial charge on any atom is 0.323 e. The molecule has 0 heterocycles. The predicted molar refractivity (Wildman–Crippen MR) is 106 cm³/mol. The molecule has 0 aliphatic heterocycles. The fraction of sp³-hybridized carbons (Fsp3) is 0.476. The Hall–Kier alpha value is -1.92. The second-order valence-electron chi connectivity index (χ2n) is 7.59. The molecule has 0 amide bonds.